The number of carboxylic acids is 1. The molecule has 1 aromatic carbocycles. The quantitative estimate of drug-likeness (QED) is 0.818. The maximum Gasteiger partial charge on any atom is 0.519 e. The monoisotopic (exact) mass is 347 g/mol. The number of benzene rings is 1. The van der Waals surface area contributed by atoms with Crippen LogP contribution in [0.25, 0.3) is 11.2 Å². The molecule has 0 fully saturated rings. The van der Waals surface area contributed by atoms with Gasteiger partial charge in [0.1, 0.15) is 0 Å². The number of nitrogens with zero attached hydrogens (tertiary/aromatic N) is 1. The number of ether oxygens (including phenoxy) is 1. The van der Waals surface area contributed by atoms with E-state index in [1.807, 2.05) is 11.8 Å². The molecule has 1 aliphatic heterocycles. The summed E-state index contributed by atoms with van der Waals surface area (Å²) in [4.78, 5) is 36.5. The van der Waals surface area contributed by atoms with Crippen molar-refractivity contribution >= 4 is 28.8 Å². The Morgan fingerprint density at radius 1 is 1.28 bits per heavy atom. The van der Waals surface area contributed by atoms with Crippen LogP contribution in [0.3, 0.4) is 0 Å². The summed E-state index contributed by atoms with van der Waals surface area (Å²) in [5.74, 6) is -2.64. The number of carbonyl (C=O) groups excluding carboxylic acids is 1. The fourth-order valence-corrected chi connectivity index (χ4v) is 2.77. The van der Waals surface area contributed by atoms with Crippen LogP contribution >= 0.6 is 0 Å². The average Bonchev–Trinajstić information content (AvgIpc) is 2.94. The number of carbonyl (C=O) groups is 2. The lowest BCUT2D eigenvalue weighted by Gasteiger charge is -2.27. The Morgan fingerprint density at radius 2 is 1.96 bits per heavy atom. The van der Waals surface area contributed by atoms with Crippen molar-refractivity contribution in [3.8, 4) is 0 Å². The molecule has 0 aliphatic carbocycles. The van der Waals surface area contributed by atoms with Gasteiger partial charge in [-0.15, -0.1) is 0 Å². The Hall–Kier alpha value is -3.03. The van der Waals surface area contributed by atoms with E-state index in [1.165, 1.54) is 0 Å². The van der Waals surface area contributed by atoms with Gasteiger partial charge in [-0.25, -0.2) is 14.4 Å². The van der Waals surface area contributed by atoms with Gasteiger partial charge in [-0.2, -0.15) is 0 Å². The molecule has 0 amide bonds. The van der Waals surface area contributed by atoms with Gasteiger partial charge < -0.3 is 23.6 Å². The molecule has 2 heterocycles. The third-order valence-electron chi connectivity index (χ3n) is 4.03. The highest BCUT2D eigenvalue weighted by Gasteiger charge is 2.27. The molecule has 3 rings (SSSR count). The van der Waals surface area contributed by atoms with E-state index in [1.54, 1.807) is 25.3 Å². The van der Waals surface area contributed by atoms with Crippen LogP contribution < -0.4 is 10.7 Å². The summed E-state index contributed by atoms with van der Waals surface area (Å²) < 4.78 is 15.0. The number of rotatable bonds is 5. The smallest absolute Gasteiger partial charge is 0.479 e. The van der Waals surface area contributed by atoms with E-state index in [2.05, 4.69) is 0 Å². The zero-order valence-electron chi connectivity index (χ0n) is 13.8. The van der Waals surface area contributed by atoms with Crippen molar-refractivity contribution in [2.24, 2.45) is 0 Å². The van der Waals surface area contributed by atoms with Crippen LogP contribution in [0.4, 0.5) is 5.69 Å². The van der Waals surface area contributed by atoms with Crippen LogP contribution in [0.2, 0.25) is 0 Å². The topological polar surface area (TPSA) is 110 Å². The molecule has 0 saturated heterocycles. The van der Waals surface area contributed by atoms with Crippen LogP contribution in [0, 0.1) is 0 Å². The maximum atomic E-state index is 12.3. The molecule has 1 atom stereocenters. The summed E-state index contributed by atoms with van der Waals surface area (Å²) in [5.41, 5.74) is 2.52. The fraction of sp³-hybridized carbons (Fsp3) is 0.353. The molecule has 132 valence electrons. The van der Waals surface area contributed by atoms with Crippen molar-refractivity contribution in [3.63, 3.8) is 0 Å². The van der Waals surface area contributed by atoms with E-state index in [-0.39, 0.29) is 12.8 Å². The summed E-state index contributed by atoms with van der Waals surface area (Å²) in [7, 11) is 0. The largest absolute Gasteiger partial charge is 0.519 e. The minimum atomic E-state index is -1.18. The van der Waals surface area contributed by atoms with E-state index >= 15 is 0 Å². The third kappa shape index (κ3) is 3.15. The third-order valence-corrected chi connectivity index (χ3v) is 4.03. The molecule has 1 N–H and O–H groups in total. The number of anilines is 1. The molecule has 0 bridgehead atoms. The Bertz CT molecular complexity index is 921. The van der Waals surface area contributed by atoms with E-state index in [4.69, 9.17) is 18.7 Å². The van der Waals surface area contributed by atoms with E-state index in [9.17, 15) is 14.4 Å². The van der Waals surface area contributed by atoms with Gasteiger partial charge in [0, 0.05) is 30.9 Å². The summed E-state index contributed by atoms with van der Waals surface area (Å²) in [6, 6.07) is 3.33. The molecule has 8 heteroatoms. The molecule has 8 nitrogen and oxygen atoms in total. The molecule has 1 aromatic heterocycles. The van der Waals surface area contributed by atoms with Gasteiger partial charge in [-0.3, -0.25) is 0 Å². The average molecular weight is 347 g/mol. The van der Waals surface area contributed by atoms with Gasteiger partial charge in [-0.05, 0) is 25.0 Å². The fourth-order valence-electron chi connectivity index (χ4n) is 2.77. The molecule has 1 aliphatic rings. The van der Waals surface area contributed by atoms with Crippen molar-refractivity contribution in [2.45, 2.75) is 32.8 Å². The molecule has 0 radical (unpaired) electrons. The first-order valence-electron chi connectivity index (χ1n) is 7.90. The number of aliphatic carboxylic acids is 1. The summed E-state index contributed by atoms with van der Waals surface area (Å²) in [6.45, 7) is 4.09. The number of carboxylic acid groups (broad SMARTS) is 1. The second kappa shape index (κ2) is 6.46. The van der Waals surface area contributed by atoms with Crippen LogP contribution in [0.1, 0.15) is 25.8 Å². The first kappa shape index (κ1) is 16.8. The van der Waals surface area contributed by atoms with Crippen molar-refractivity contribution in [1.29, 1.82) is 0 Å². The van der Waals surface area contributed by atoms with Crippen molar-refractivity contribution < 1.29 is 28.3 Å². The van der Waals surface area contributed by atoms with Gasteiger partial charge in [0.15, 0.2) is 17.3 Å². The lowest BCUT2D eigenvalue weighted by molar-refractivity contribution is -0.161. The van der Waals surface area contributed by atoms with Crippen molar-refractivity contribution in [3.05, 3.63) is 40.1 Å². The first-order valence-corrected chi connectivity index (χ1v) is 7.90. The van der Waals surface area contributed by atoms with Gasteiger partial charge in [0.05, 0.1) is 5.57 Å². The Balaban J connectivity index is 1.93. The SMILES string of the molecule is CCC(OC(=O)C1=CN(CC)c2cc3oc(=O)oc3cc2C1)C(=O)O. The van der Waals surface area contributed by atoms with E-state index in [0.717, 1.165) is 11.3 Å². The van der Waals surface area contributed by atoms with Crippen molar-refractivity contribution in [1.82, 2.24) is 0 Å². The molecule has 0 spiro atoms. The van der Waals surface area contributed by atoms with Crippen LogP contribution in [0.15, 0.2) is 37.5 Å². The van der Waals surface area contributed by atoms with E-state index < -0.39 is 23.9 Å². The maximum absolute atomic E-state index is 12.3. The summed E-state index contributed by atoms with van der Waals surface area (Å²) in [5, 5.41) is 9.04. The Morgan fingerprint density at radius 3 is 2.56 bits per heavy atom. The second-order valence-corrected chi connectivity index (χ2v) is 5.64. The van der Waals surface area contributed by atoms with Gasteiger partial charge in [0.25, 0.3) is 0 Å². The summed E-state index contributed by atoms with van der Waals surface area (Å²) >= 11 is 0. The molecule has 0 saturated carbocycles. The molecular formula is C17H17NO7. The number of fused-ring (bicyclic) bond motifs is 2. The number of hydrogen-bond acceptors (Lipinski definition) is 7. The highest BCUT2D eigenvalue weighted by Crippen LogP contribution is 2.33. The van der Waals surface area contributed by atoms with Gasteiger partial charge in [-0.1, -0.05) is 6.92 Å². The molecule has 1 unspecified atom stereocenters. The van der Waals surface area contributed by atoms with Crippen LogP contribution in [-0.2, 0) is 20.7 Å². The first-order chi connectivity index (χ1) is 11.9. The Kier molecular flexibility index (Phi) is 4.35. The number of hydrogen-bond donors (Lipinski definition) is 1. The number of esters is 1. The molecular weight excluding hydrogens is 330 g/mol. The summed E-state index contributed by atoms with van der Waals surface area (Å²) in [6.07, 6.45) is 0.872. The minimum absolute atomic E-state index is 0.184. The highest BCUT2D eigenvalue weighted by molar-refractivity contribution is 5.93. The second-order valence-electron chi connectivity index (χ2n) is 5.64. The highest BCUT2D eigenvalue weighted by atomic mass is 16.6. The molecule has 2 aromatic rings. The van der Waals surface area contributed by atoms with Crippen LogP contribution in [0.5, 0.6) is 0 Å². The molecule has 25 heavy (non-hydrogen) atoms. The minimum Gasteiger partial charge on any atom is -0.479 e. The predicted molar refractivity (Wildman–Crippen MR) is 87.4 cm³/mol. The Labute approximate surface area is 142 Å². The van der Waals surface area contributed by atoms with Crippen LogP contribution in [-0.4, -0.2) is 29.7 Å². The van der Waals surface area contributed by atoms with Crippen molar-refractivity contribution in [2.75, 3.05) is 11.4 Å². The van der Waals surface area contributed by atoms with Gasteiger partial charge >= 0.3 is 17.8 Å². The predicted octanol–water partition coefficient (Wildman–Crippen LogP) is 2.06. The normalized spacial score (nSPS) is 14.8. The lowest BCUT2D eigenvalue weighted by atomic mass is 9.99. The zero-order valence-corrected chi connectivity index (χ0v) is 13.8. The lowest BCUT2D eigenvalue weighted by Crippen LogP contribution is -2.30. The van der Waals surface area contributed by atoms with Gasteiger partial charge in [0.2, 0.25) is 0 Å². The zero-order chi connectivity index (χ0) is 18.1. The standard InChI is InChI=1S/C17H17NO7/c1-3-12(15(19)20)23-16(21)10-5-9-6-13-14(25-17(22)24-13)7-11(9)18(4-2)8-10/h6-8,12H,3-5H2,1-2H3,(H,19,20). The van der Waals surface area contributed by atoms with E-state index in [0.29, 0.717) is 23.3 Å².